The van der Waals surface area contributed by atoms with Crippen molar-refractivity contribution in [3.63, 3.8) is 0 Å². The largest absolute Gasteiger partial charge is 0.399 e. The van der Waals surface area contributed by atoms with Crippen molar-refractivity contribution in [2.75, 3.05) is 16.4 Å². The second-order valence-corrected chi connectivity index (χ2v) is 6.23. The number of thiazole rings is 1. The SMILES string of the molecule is Nc1ccc2c(c1)/C(=C(/Nc1nccs1)c1ccccc1)C(=O)N2. The predicted octanol–water partition coefficient (Wildman–Crippen LogP) is 3.66. The predicted molar refractivity (Wildman–Crippen MR) is 98.5 cm³/mol. The van der Waals surface area contributed by atoms with Gasteiger partial charge in [-0.3, -0.25) is 4.79 Å². The zero-order valence-electron chi connectivity index (χ0n) is 12.6. The average molecular weight is 334 g/mol. The van der Waals surface area contributed by atoms with E-state index >= 15 is 0 Å². The van der Waals surface area contributed by atoms with Crippen LogP contribution in [0.2, 0.25) is 0 Å². The van der Waals surface area contributed by atoms with Crippen molar-refractivity contribution in [1.82, 2.24) is 4.98 Å². The van der Waals surface area contributed by atoms with Crippen molar-refractivity contribution in [3.8, 4) is 0 Å². The topological polar surface area (TPSA) is 80.0 Å². The zero-order valence-corrected chi connectivity index (χ0v) is 13.4. The molecule has 24 heavy (non-hydrogen) atoms. The Kier molecular flexibility index (Phi) is 3.51. The lowest BCUT2D eigenvalue weighted by Gasteiger charge is -2.12. The number of nitrogens with two attached hydrogens (primary N) is 1. The molecule has 3 aromatic rings. The number of nitrogen functional groups attached to an aromatic ring is 1. The van der Waals surface area contributed by atoms with Gasteiger partial charge in [-0.25, -0.2) is 4.98 Å². The van der Waals surface area contributed by atoms with Crippen LogP contribution in [0.5, 0.6) is 0 Å². The molecule has 0 atom stereocenters. The fourth-order valence-electron chi connectivity index (χ4n) is 2.71. The standard InChI is InChI=1S/C18H14N4OS/c19-12-6-7-14-13(10-12)15(17(23)21-14)16(11-4-2-1-3-5-11)22-18-20-8-9-24-18/h1-10H,19H2,(H,20,22)(H,21,23)/b16-15-. The van der Waals surface area contributed by atoms with E-state index < -0.39 is 0 Å². The van der Waals surface area contributed by atoms with Crippen molar-refractivity contribution in [2.24, 2.45) is 0 Å². The zero-order chi connectivity index (χ0) is 16.5. The molecule has 0 fully saturated rings. The maximum absolute atomic E-state index is 12.6. The molecule has 0 aliphatic carbocycles. The highest BCUT2D eigenvalue weighted by Crippen LogP contribution is 2.38. The molecule has 2 aromatic carbocycles. The normalized spacial score (nSPS) is 14.9. The van der Waals surface area contributed by atoms with E-state index in [0.717, 1.165) is 21.9 Å². The Morgan fingerprint density at radius 2 is 2.00 bits per heavy atom. The summed E-state index contributed by atoms with van der Waals surface area (Å²) in [6, 6.07) is 15.1. The molecule has 1 aliphatic heterocycles. The van der Waals surface area contributed by atoms with Gasteiger partial charge in [0.25, 0.3) is 5.91 Å². The number of hydrogen-bond acceptors (Lipinski definition) is 5. The van der Waals surface area contributed by atoms with Gasteiger partial charge in [-0.05, 0) is 23.8 Å². The van der Waals surface area contributed by atoms with Gasteiger partial charge in [0, 0.05) is 28.5 Å². The van der Waals surface area contributed by atoms with E-state index in [1.807, 2.05) is 47.8 Å². The van der Waals surface area contributed by atoms with Gasteiger partial charge in [0.15, 0.2) is 5.13 Å². The quantitative estimate of drug-likeness (QED) is 0.504. The van der Waals surface area contributed by atoms with Gasteiger partial charge in [0.05, 0.1) is 11.3 Å². The molecular formula is C18H14N4OS. The minimum absolute atomic E-state index is 0.154. The van der Waals surface area contributed by atoms with E-state index in [4.69, 9.17) is 5.73 Å². The first kappa shape index (κ1) is 14.5. The second kappa shape index (κ2) is 5.82. The lowest BCUT2D eigenvalue weighted by atomic mass is 10.00. The Labute approximate surface area is 142 Å². The van der Waals surface area contributed by atoms with Crippen LogP contribution < -0.4 is 16.4 Å². The van der Waals surface area contributed by atoms with Gasteiger partial charge >= 0.3 is 0 Å². The third-order valence-corrected chi connectivity index (χ3v) is 4.45. The Morgan fingerprint density at radius 1 is 1.17 bits per heavy atom. The van der Waals surface area contributed by atoms with Crippen LogP contribution in [-0.4, -0.2) is 10.9 Å². The Morgan fingerprint density at radius 3 is 2.75 bits per heavy atom. The summed E-state index contributed by atoms with van der Waals surface area (Å²) in [5.41, 5.74) is 10.3. The first-order chi connectivity index (χ1) is 11.7. The van der Waals surface area contributed by atoms with E-state index in [1.165, 1.54) is 11.3 Å². The van der Waals surface area contributed by atoms with Crippen molar-refractivity contribution >= 4 is 45.0 Å². The van der Waals surface area contributed by atoms with Gasteiger partial charge in [0.2, 0.25) is 0 Å². The lowest BCUT2D eigenvalue weighted by Crippen LogP contribution is -2.10. The summed E-state index contributed by atoms with van der Waals surface area (Å²) in [4.78, 5) is 16.9. The number of rotatable bonds is 3. The van der Waals surface area contributed by atoms with Crippen LogP contribution in [0.4, 0.5) is 16.5 Å². The molecule has 1 amide bonds. The van der Waals surface area contributed by atoms with Crippen LogP contribution in [0, 0.1) is 0 Å². The number of fused-ring (bicyclic) bond motifs is 1. The molecular weight excluding hydrogens is 320 g/mol. The third kappa shape index (κ3) is 2.53. The van der Waals surface area contributed by atoms with Crippen LogP contribution in [0.25, 0.3) is 11.3 Å². The fourth-order valence-corrected chi connectivity index (χ4v) is 3.24. The Bertz CT molecular complexity index is 933. The number of amides is 1. The van der Waals surface area contributed by atoms with E-state index in [1.54, 1.807) is 12.3 Å². The molecule has 0 radical (unpaired) electrons. The molecule has 1 aliphatic rings. The minimum Gasteiger partial charge on any atom is -0.399 e. The smallest absolute Gasteiger partial charge is 0.258 e. The first-order valence-corrected chi connectivity index (χ1v) is 8.28. The van der Waals surface area contributed by atoms with Crippen LogP contribution >= 0.6 is 11.3 Å². The molecule has 0 spiro atoms. The molecule has 0 unspecified atom stereocenters. The summed E-state index contributed by atoms with van der Waals surface area (Å²) < 4.78 is 0. The molecule has 118 valence electrons. The lowest BCUT2D eigenvalue weighted by molar-refractivity contribution is -0.110. The monoisotopic (exact) mass is 334 g/mol. The molecule has 4 rings (SSSR count). The number of carbonyl (C=O) groups is 1. The second-order valence-electron chi connectivity index (χ2n) is 5.34. The molecule has 0 saturated heterocycles. The van der Waals surface area contributed by atoms with Crippen molar-refractivity contribution in [2.45, 2.75) is 0 Å². The fraction of sp³-hybridized carbons (Fsp3) is 0. The molecule has 6 heteroatoms. The third-order valence-electron chi connectivity index (χ3n) is 3.76. The van der Waals surface area contributed by atoms with Crippen LogP contribution in [0.3, 0.4) is 0 Å². The number of aromatic nitrogens is 1. The average Bonchev–Trinajstić information content (AvgIpc) is 3.20. The van der Waals surface area contributed by atoms with Gasteiger partial charge in [-0.1, -0.05) is 30.3 Å². The molecule has 5 nitrogen and oxygen atoms in total. The van der Waals surface area contributed by atoms with Crippen molar-refractivity contribution in [1.29, 1.82) is 0 Å². The van der Waals surface area contributed by atoms with Crippen molar-refractivity contribution < 1.29 is 4.79 Å². The number of nitrogens with zero attached hydrogens (tertiary/aromatic N) is 1. The summed E-state index contributed by atoms with van der Waals surface area (Å²) in [5, 5.41) is 8.80. The summed E-state index contributed by atoms with van der Waals surface area (Å²) in [6.07, 6.45) is 1.72. The van der Waals surface area contributed by atoms with Crippen LogP contribution in [0.1, 0.15) is 11.1 Å². The molecule has 2 heterocycles. The van der Waals surface area contributed by atoms with Gasteiger partial charge in [-0.2, -0.15) is 0 Å². The van der Waals surface area contributed by atoms with Crippen molar-refractivity contribution in [3.05, 3.63) is 71.2 Å². The summed E-state index contributed by atoms with van der Waals surface area (Å²) in [7, 11) is 0. The number of benzene rings is 2. The summed E-state index contributed by atoms with van der Waals surface area (Å²) in [6.45, 7) is 0. The number of anilines is 3. The maximum atomic E-state index is 12.6. The summed E-state index contributed by atoms with van der Waals surface area (Å²) in [5.74, 6) is -0.154. The highest BCUT2D eigenvalue weighted by molar-refractivity contribution is 7.13. The Hall–Kier alpha value is -3.12. The summed E-state index contributed by atoms with van der Waals surface area (Å²) >= 11 is 1.48. The highest BCUT2D eigenvalue weighted by atomic mass is 32.1. The minimum atomic E-state index is -0.154. The van der Waals surface area contributed by atoms with Gasteiger partial charge in [0.1, 0.15) is 0 Å². The highest BCUT2D eigenvalue weighted by Gasteiger charge is 2.28. The van der Waals surface area contributed by atoms with Gasteiger partial charge < -0.3 is 16.4 Å². The van der Waals surface area contributed by atoms with E-state index in [2.05, 4.69) is 15.6 Å². The molecule has 0 bridgehead atoms. The first-order valence-electron chi connectivity index (χ1n) is 7.40. The number of carbonyl (C=O) groups excluding carboxylic acids is 1. The van der Waals surface area contributed by atoms with E-state index in [9.17, 15) is 4.79 Å². The van der Waals surface area contributed by atoms with Crippen LogP contribution in [-0.2, 0) is 4.79 Å². The van der Waals surface area contributed by atoms with Gasteiger partial charge in [-0.15, -0.1) is 11.3 Å². The van der Waals surface area contributed by atoms with Crippen LogP contribution in [0.15, 0.2) is 60.1 Å². The maximum Gasteiger partial charge on any atom is 0.258 e. The number of nitrogens with one attached hydrogen (secondary N) is 2. The van der Waals surface area contributed by atoms with E-state index in [-0.39, 0.29) is 5.91 Å². The molecule has 4 N–H and O–H groups in total. The molecule has 1 aromatic heterocycles. The van der Waals surface area contributed by atoms with E-state index in [0.29, 0.717) is 17.0 Å². The Balaban J connectivity index is 1.94. The molecule has 0 saturated carbocycles. The number of hydrogen-bond donors (Lipinski definition) is 3.